The number of aryl methyl sites for hydroxylation is 2. The summed E-state index contributed by atoms with van der Waals surface area (Å²) in [6.07, 6.45) is 0. The van der Waals surface area contributed by atoms with E-state index in [0.717, 1.165) is 17.2 Å². The van der Waals surface area contributed by atoms with Gasteiger partial charge in [-0.2, -0.15) is 0 Å². The van der Waals surface area contributed by atoms with Gasteiger partial charge in [0.05, 0.1) is 11.7 Å². The molecule has 0 saturated carbocycles. The lowest BCUT2D eigenvalue weighted by atomic mass is 9.86. The van der Waals surface area contributed by atoms with Gasteiger partial charge in [-0.15, -0.1) is 11.3 Å². The molecule has 0 bridgehead atoms. The van der Waals surface area contributed by atoms with Gasteiger partial charge in [-0.3, -0.25) is 0 Å². The Balaban J connectivity index is 2.34. The second kappa shape index (κ2) is 6.29. The maximum atomic E-state index is 4.73. The zero-order valence-corrected chi connectivity index (χ0v) is 14.8. The summed E-state index contributed by atoms with van der Waals surface area (Å²) in [5, 5.41) is 4.72. The van der Waals surface area contributed by atoms with Gasteiger partial charge in [0.15, 0.2) is 0 Å². The first-order valence-electron chi connectivity index (χ1n) is 7.60. The Morgan fingerprint density at radius 1 is 1.14 bits per heavy atom. The van der Waals surface area contributed by atoms with Gasteiger partial charge in [0.2, 0.25) is 0 Å². The second-order valence-electron chi connectivity index (χ2n) is 6.56. The molecule has 0 aliphatic heterocycles. The molecular formula is C18H26N2S. The molecule has 0 saturated heterocycles. The highest BCUT2D eigenvalue weighted by atomic mass is 32.1. The van der Waals surface area contributed by atoms with Crippen LogP contribution in [0.1, 0.15) is 60.4 Å². The highest BCUT2D eigenvalue weighted by molar-refractivity contribution is 7.11. The molecule has 0 aliphatic rings. The summed E-state index contributed by atoms with van der Waals surface area (Å²) in [4.78, 5) is 6.04. The standard InChI is InChI=1S/C18H26N2S/c1-7-19-16(17-20-12(2)13(3)21-17)14-8-10-15(11-9-14)18(4,5)6/h8-11,16,19H,7H2,1-6H3. The van der Waals surface area contributed by atoms with E-state index < -0.39 is 0 Å². The third-order valence-corrected chi connectivity index (χ3v) is 4.95. The van der Waals surface area contributed by atoms with Crippen molar-refractivity contribution in [2.45, 2.75) is 53.0 Å². The van der Waals surface area contributed by atoms with Crippen molar-refractivity contribution in [3.05, 3.63) is 51.0 Å². The molecular weight excluding hydrogens is 276 g/mol. The molecule has 21 heavy (non-hydrogen) atoms. The third-order valence-electron chi connectivity index (χ3n) is 3.81. The minimum Gasteiger partial charge on any atom is -0.305 e. The van der Waals surface area contributed by atoms with Crippen LogP contribution in [0.5, 0.6) is 0 Å². The molecule has 0 amide bonds. The molecule has 1 atom stereocenters. The van der Waals surface area contributed by atoms with Crippen LogP contribution >= 0.6 is 11.3 Å². The number of nitrogens with one attached hydrogen (secondary N) is 1. The van der Waals surface area contributed by atoms with Crippen LogP contribution in [-0.4, -0.2) is 11.5 Å². The average Bonchev–Trinajstić information content (AvgIpc) is 2.75. The van der Waals surface area contributed by atoms with E-state index in [-0.39, 0.29) is 11.5 Å². The Kier molecular flexibility index (Phi) is 4.84. The quantitative estimate of drug-likeness (QED) is 0.881. The van der Waals surface area contributed by atoms with Gasteiger partial charge in [0, 0.05) is 4.88 Å². The third kappa shape index (κ3) is 3.72. The maximum absolute atomic E-state index is 4.73. The Hall–Kier alpha value is -1.19. The number of benzene rings is 1. The van der Waals surface area contributed by atoms with Crippen molar-refractivity contribution < 1.29 is 0 Å². The van der Waals surface area contributed by atoms with Crippen molar-refractivity contribution >= 4 is 11.3 Å². The van der Waals surface area contributed by atoms with E-state index >= 15 is 0 Å². The lowest BCUT2D eigenvalue weighted by molar-refractivity contribution is 0.587. The zero-order valence-electron chi connectivity index (χ0n) is 13.9. The molecule has 2 nitrogen and oxygen atoms in total. The van der Waals surface area contributed by atoms with E-state index in [1.165, 1.54) is 16.0 Å². The molecule has 0 radical (unpaired) electrons. The first-order valence-corrected chi connectivity index (χ1v) is 8.42. The van der Waals surface area contributed by atoms with Crippen molar-refractivity contribution in [3.8, 4) is 0 Å². The molecule has 1 unspecified atom stereocenters. The molecule has 1 N–H and O–H groups in total. The summed E-state index contributed by atoms with van der Waals surface area (Å²) in [5.74, 6) is 0. The zero-order chi connectivity index (χ0) is 15.6. The van der Waals surface area contributed by atoms with Crippen LogP contribution < -0.4 is 5.32 Å². The van der Waals surface area contributed by atoms with Gasteiger partial charge in [0.25, 0.3) is 0 Å². The van der Waals surface area contributed by atoms with E-state index in [1.54, 1.807) is 11.3 Å². The van der Waals surface area contributed by atoms with Crippen molar-refractivity contribution in [1.82, 2.24) is 10.3 Å². The molecule has 2 rings (SSSR count). The first-order chi connectivity index (χ1) is 9.82. The largest absolute Gasteiger partial charge is 0.305 e. The molecule has 1 heterocycles. The number of hydrogen-bond donors (Lipinski definition) is 1. The summed E-state index contributed by atoms with van der Waals surface area (Å²) in [5.41, 5.74) is 4.00. The monoisotopic (exact) mass is 302 g/mol. The van der Waals surface area contributed by atoms with Crippen molar-refractivity contribution in [1.29, 1.82) is 0 Å². The SMILES string of the molecule is CCNC(c1ccc(C(C)(C)C)cc1)c1nc(C)c(C)s1. The second-order valence-corrected chi connectivity index (χ2v) is 7.79. The summed E-state index contributed by atoms with van der Waals surface area (Å²) >= 11 is 1.79. The molecule has 1 aromatic carbocycles. The van der Waals surface area contributed by atoms with Gasteiger partial charge >= 0.3 is 0 Å². The van der Waals surface area contributed by atoms with Gasteiger partial charge in [-0.05, 0) is 36.9 Å². The summed E-state index contributed by atoms with van der Waals surface area (Å²) in [6.45, 7) is 14.0. The lowest BCUT2D eigenvalue weighted by Gasteiger charge is -2.21. The Morgan fingerprint density at radius 3 is 2.19 bits per heavy atom. The van der Waals surface area contributed by atoms with E-state index in [9.17, 15) is 0 Å². The van der Waals surface area contributed by atoms with Gasteiger partial charge < -0.3 is 5.32 Å². The number of rotatable bonds is 4. The average molecular weight is 302 g/mol. The van der Waals surface area contributed by atoms with E-state index in [4.69, 9.17) is 4.98 Å². The molecule has 2 aromatic rings. The number of aromatic nitrogens is 1. The number of hydrogen-bond acceptors (Lipinski definition) is 3. The Labute approximate surface area is 132 Å². The molecule has 3 heteroatoms. The van der Waals surface area contributed by atoms with Crippen molar-refractivity contribution in [3.63, 3.8) is 0 Å². The first kappa shape index (κ1) is 16.2. The minimum absolute atomic E-state index is 0.195. The van der Waals surface area contributed by atoms with Gasteiger partial charge in [-0.1, -0.05) is 52.0 Å². The fraction of sp³-hybridized carbons (Fsp3) is 0.500. The van der Waals surface area contributed by atoms with E-state index in [2.05, 4.69) is 71.1 Å². The highest BCUT2D eigenvalue weighted by Crippen LogP contribution is 2.30. The molecule has 114 valence electrons. The molecule has 0 spiro atoms. The van der Waals surface area contributed by atoms with Crippen LogP contribution in [0.2, 0.25) is 0 Å². The normalized spacial score (nSPS) is 13.4. The number of thiazole rings is 1. The van der Waals surface area contributed by atoms with Crippen LogP contribution in [0.25, 0.3) is 0 Å². The van der Waals surface area contributed by atoms with Crippen molar-refractivity contribution in [2.75, 3.05) is 6.54 Å². The predicted octanol–water partition coefficient (Wildman–Crippen LogP) is 4.76. The predicted molar refractivity (Wildman–Crippen MR) is 92.2 cm³/mol. The maximum Gasteiger partial charge on any atom is 0.115 e. The summed E-state index contributed by atoms with van der Waals surface area (Å²) in [7, 11) is 0. The summed E-state index contributed by atoms with van der Waals surface area (Å²) in [6, 6.07) is 9.15. The van der Waals surface area contributed by atoms with E-state index in [0.29, 0.717) is 0 Å². The van der Waals surface area contributed by atoms with Crippen LogP contribution in [0.4, 0.5) is 0 Å². The van der Waals surface area contributed by atoms with Crippen LogP contribution in [-0.2, 0) is 5.41 Å². The Bertz CT molecular complexity index is 571. The van der Waals surface area contributed by atoms with E-state index in [1.807, 2.05) is 0 Å². The van der Waals surface area contributed by atoms with Crippen molar-refractivity contribution in [2.24, 2.45) is 0 Å². The minimum atomic E-state index is 0.195. The highest BCUT2D eigenvalue weighted by Gasteiger charge is 2.19. The fourth-order valence-corrected chi connectivity index (χ4v) is 3.38. The fourth-order valence-electron chi connectivity index (χ4n) is 2.35. The molecule has 1 aromatic heterocycles. The summed E-state index contributed by atoms with van der Waals surface area (Å²) < 4.78 is 0. The number of nitrogens with zero attached hydrogens (tertiary/aromatic N) is 1. The topological polar surface area (TPSA) is 24.9 Å². The molecule has 0 fully saturated rings. The smallest absolute Gasteiger partial charge is 0.115 e. The van der Waals surface area contributed by atoms with Crippen LogP contribution in [0, 0.1) is 13.8 Å². The lowest BCUT2D eigenvalue weighted by Crippen LogP contribution is -2.22. The van der Waals surface area contributed by atoms with Gasteiger partial charge in [0.1, 0.15) is 5.01 Å². The van der Waals surface area contributed by atoms with Gasteiger partial charge in [-0.25, -0.2) is 4.98 Å². The molecule has 0 aliphatic carbocycles. The Morgan fingerprint density at radius 2 is 1.76 bits per heavy atom. The van der Waals surface area contributed by atoms with Crippen LogP contribution in [0.3, 0.4) is 0 Å². The van der Waals surface area contributed by atoms with Crippen LogP contribution in [0.15, 0.2) is 24.3 Å².